The molecule has 3 heteroatoms. The van der Waals surface area contributed by atoms with Crippen molar-refractivity contribution >= 4 is 5.97 Å². The van der Waals surface area contributed by atoms with E-state index in [2.05, 4.69) is 13.8 Å². The fourth-order valence-electron chi connectivity index (χ4n) is 1.78. The van der Waals surface area contributed by atoms with E-state index in [9.17, 15) is 4.79 Å². The average molecular weight is 235 g/mol. The quantitative estimate of drug-likeness (QED) is 0.798. The summed E-state index contributed by atoms with van der Waals surface area (Å²) in [5, 5.41) is 0. The number of carbonyl (C=O) groups is 1. The van der Waals surface area contributed by atoms with Crippen LogP contribution >= 0.6 is 0 Å². The van der Waals surface area contributed by atoms with Crippen molar-refractivity contribution in [3.8, 4) is 0 Å². The van der Waals surface area contributed by atoms with Crippen LogP contribution in [0.3, 0.4) is 0 Å². The van der Waals surface area contributed by atoms with Gasteiger partial charge in [0.1, 0.15) is 6.04 Å². The third-order valence-electron chi connectivity index (χ3n) is 2.53. The van der Waals surface area contributed by atoms with Crippen molar-refractivity contribution in [1.82, 2.24) is 0 Å². The van der Waals surface area contributed by atoms with Crippen molar-refractivity contribution in [3.05, 3.63) is 35.9 Å². The third kappa shape index (κ3) is 4.57. The Kier molecular flexibility index (Phi) is 5.16. The summed E-state index contributed by atoms with van der Waals surface area (Å²) in [4.78, 5) is 11.8. The van der Waals surface area contributed by atoms with Gasteiger partial charge in [0.2, 0.25) is 0 Å². The molecule has 0 spiro atoms. The van der Waals surface area contributed by atoms with Gasteiger partial charge in [-0.2, -0.15) is 0 Å². The van der Waals surface area contributed by atoms with Gasteiger partial charge < -0.3 is 10.5 Å². The van der Waals surface area contributed by atoms with Gasteiger partial charge in [0, 0.05) is 0 Å². The Morgan fingerprint density at radius 3 is 2.35 bits per heavy atom. The minimum absolute atomic E-state index is 0.0859. The van der Waals surface area contributed by atoms with E-state index in [1.54, 1.807) is 0 Å². The van der Waals surface area contributed by atoms with Gasteiger partial charge in [0.15, 0.2) is 0 Å². The minimum atomic E-state index is -0.689. The Morgan fingerprint density at radius 2 is 1.82 bits per heavy atom. The normalized spacial score (nSPS) is 14.4. The van der Waals surface area contributed by atoms with Crippen LogP contribution in [0, 0.1) is 5.92 Å². The molecular weight excluding hydrogens is 214 g/mol. The number of carbonyl (C=O) groups excluding carboxylic acids is 1. The van der Waals surface area contributed by atoms with Crippen LogP contribution in [0.15, 0.2) is 30.3 Å². The van der Waals surface area contributed by atoms with Gasteiger partial charge >= 0.3 is 5.97 Å². The van der Waals surface area contributed by atoms with Crippen molar-refractivity contribution in [3.63, 3.8) is 0 Å². The Balaban J connectivity index is 2.53. The van der Waals surface area contributed by atoms with E-state index in [1.807, 2.05) is 37.3 Å². The first kappa shape index (κ1) is 13.7. The lowest BCUT2D eigenvalue weighted by molar-refractivity contribution is -0.150. The first-order chi connectivity index (χ1) is 8.00. The number of esters is 1. The monoisotopic (exact) mass is 235 g/mol. The number of benzene rings is 1. The van der Waals surface area contributed by atoms with Gasteiger partial charge in [0.05, 0.1) is 6.10 Å². The van der Waals surface area contributed by atoms with Crippen molar-refractivity contribution in [1.29, 1.82) is 0 Å². The highest BCUT2D eigenvalue weighted by Gasteiger charge is 2.19. The van der Waals surface area contributed by atoms with Gasteiger partial charge in [-0.15, -0.1) is 0 Å². The van der Waals surface area contributed by atoms with E-state index in [-0.39, 0.29) is 12.1 Å². The molecule has 0 saturated heterocycles. The van der Waals surface area contributed by atoms with E-state index >= 15 is 0 Å². The molecule has 0 aliphatic carbocycles. The molecule has 2 N–H and O–H groups in total. The highest BCUT2D eigenvalue weighted by molar-refractivity contribution is 5.77. The molecule has 0 radical (unpaired) electrons. The molecule has 2 atom stereocenters. The number of rotatable bonds is 5. The summed E-state index contributed by atoms with van der Waals surface area (Å²) in [5.74, 6) is 0.148. The molecular formula is C14H21NO2. The van der Waals surface area contributed by atoms with Crippen molar-refractivity contribution in [2.75, 3.05) is 0 Å². The van der Waals surface area contributed by atoms with Gasteiger partial charge in [-0.25, -0.2) is 4.79 Å². The summed E-state index contributed by atoms with van der Waals surface area (Å²) in [6.45, 7) is 6.10. The minimum Gasteiger partial charge on any atom is -0.461 e. The predicted octanol–water partition coefficient (Wildman–Crippen LogP) is 2.66. The summed E-state index contributed by atoms with van der Waals surface area (Å²) in [5.41, 5.74) is 6.63. The molecule has 1 unspecified atom stereocenters. The first-order valence-corrected chi connectivity index (χ1v) is 6.01. The molecule has 0 aromatic heterocycles. The number of hydrogen-bond acceptors (Lipinski definition) is 3. The average Bonchev–Trinajstić information content (AvgIpc) is 2.28. The summed E-state index contributed by atoms with van der Waals surface area (Å²) in [6, 6.07) is 8.59. The lowest BCUT2D eigenvalue weighted by atomic mass is 10.1. The molecule has 1 aromatic rings. The molecule has 17 heavy (non-hydrogen) atoms. The van der Waals surface area contributed by atoms with Crippen LogP contribution < -0.4 is 5.73 Å². The molecule has 0 aliphatic heterocycles. The van der Waals surface area contributed by atoms with E-state index in [0.29, 0.717) is 5.92 Å². The van der Waals surface area contributed by atoms with Crippen LogP contribution in [0.25, 0.3) is 0 Å². The lowest BCUT2D eigenvalue weighted by Gasteiger charge is -2.18. The van der Waals surface area contributed by atoms with Crippen LogP contribution in [0.2, 0.25) is 0 Å². The van der Waals surface area contributed by atoms with Crippen LogP contribution in [-0.4, -0.2) is 12.1 Å². The summed E-state index contributed by atoms with van der Waals surface area (Å²) < 4.78 is 5.31. The summed E-state index contributed by atoms with van der Waals surface area (Å²) in [7, 11) is 0. The smallest absolute Gasteiger partial charge is 0.327 e. The van der Waals surface area contributed by atoms with Crippen molar-refractivity contribution in [2.24, 2.45) is 11.7 Å². The second kappa shape index (κ2) is 6.40. The molecule has 0 saturated carbocycles. The number of nitrogens with two attached hydrogens (primary N) is 1. The maximum absolute atomic E-state index is 11.8. The highest BCUT2D eigenvalue weighted by Crippen LogP contribution is 2.14. The highest BCUT2D eigenvalue weighted by atomic mass is 16.5. The zero-order valence-corrected chi connectivity index (χ0v) is 10.7. The van der Waals surface area contributed by atoms with Crippen molar-refractivity contribution in [2.45, 2.75) is 39.3 Å². The Labute approximate surface area is 103 Å². The summed E-state index contributed by atoms with van der Waals surface area (Å²) in [6.07, 6.45) is 0.769. The predicted molar refractivity (Wildman–Crippen MR) is 68.4 cm³/mol. The van der Waals surface area contributed by atoms with Crippen molar-refractivity contribution < 1.29 is 9.53 Å². The maximum atomic E-state index is 11.8. The molecule has 3 nitrogen and oxygen atoms in total. The van der Waals surface area contributed by atoms with E-state index < -0.39 is 6.04 Å². The molecule has 94 valence electrons. The van der Waals surface area contributed by atoms with Gasteiger partial charge in [-0.05, 0) is 24.8 Å². The van der Waals surface area contributed by atoms with Crippen LogP contribution in [0.4, 0.5) is 0 Å². The number of ether oxygens (including phenoxy) is 1. The molecule has 0 fully saturated rings. The van der Waals surface area contributed by atoms with Gasteiger partial charge in [-0.1, -0.05) is 44.2 Å². The lowest BCUT2D eigenvalue weighted by Crippen LogP contribution is -2.27. The molecule has 1 aromatic carbocycles. The Bertz CT molecular complexity index is 348. The van der Waals surface area contributed by atoms with Crippen LogP contribution in [0.1, 0.15) is 38.8 Å². The van der Waals surface area contributed by atoms with E-state index in [0.717, 1.165) is 12.0 Å². The topological polar surface area (TPSA) is 52.3 Å². The zero-order chi connectivity index (χ0) is 12.8. The van der Waals surface area contributed by atoms with Crippen LogP contribution in [-0.2, 0) is 9.53 Å². The second-order valence-electron chi connectivity index (χ2n) is 4.77. The maximum Gasteiger partial charge on any atom is 0.327 e. The molecule has 0 aliphatic rings. The number of hydrogen-bond donors (Lipinski definition) is 1. The zero-order valence-electron chi connectivity index (χ0n) is 10.7. The standard InChI is InChI=1S/C14H21NO2/c1-10(2)9-11(3)17-14(16)13(15)12-7-5-4-6-8-12/h4-8,10-11,13H,9,15H2,1-3H3/t11?,13-/m1/s1. The van der Waals surface area contributed by atoms with Crippen LogP contribution in [0.5, 0.6) is 0 Å². The third-order valence-corrected chi connectivity index (χ3v) is 2.53. The van der Waals surface area contributed by atoms with Gasteiger partial charge in [0.25, 0.3) is 0 Å². The SMILES string of the molecule is CC(C)CC(C)OC(=O)[C@H](N)c1ccccc1. The van der Waals surface area contributed by atoms with E-state index in [1.165, 1.54) is 0 Å². The molecule has 1 rings (SSSR count). The second-order valence-corrected chi connectivity index (χ2v) is 4.77. The molecule has 0 amide bonds. The fraction of sp³-hybridized carbons (Fsp3) is 0.500. The largest absolute Gasteiger partial charge is 0.461 e. The molecule has 0 heterocycles. The van der Waals surface area contributed by atoms with Gasteiger partial charge in [-0.3, -0.25) is 0 Å². The molecule has 0 bridgehead atoms. The summed E-state index contributed by atoms with van der Waals surface area (Å²) >= 11 is 0. The van der Waals surface area contributed by atoms with E-state index in [4.69, 9.17) is 10.5 Å². The fourth-order valence-corrected chi connectivity index (χ4v) is 1.78. The first-order valence-electron chi connectivity index (χ1n) is 6.01. The Morgan fingerprint density at radius 1 is 1.24 bits per heavy atom. The Hall–Kier alpha value is -1.35.